The van der Waals surface area contributed by atoms with Crippen LogP contribution in [-0.4, -0.2) is 49.6 Å². The zero-order valence-electron chi connectivity index (χ0n) is 12.2. The Morgan fingerprint density at radius 3 is 2.10 bits per heavy atom. The molecule has 21 heavy (non-hydrogen) atoms. The number of sulfone groups is 1. The van der Waals surface area contributed by atoms with Gasteiger partial charge in [-0.15, -0.1) is 0 Å². The average Bonchev–Trinajstić information content (AvgIpc) is 2.35. The molecule has 0 radical (unpaired) electrons. The fourth-order valence-electron chi connectivity index (χ4n) is 1.85. The fourth-order valence-corrected chi connectivity index (χ4v) is 2.48. The molecule has 0 heterocycles. The van der Waals surface area contributed by atoms with E-state index in [9.17, 15) is 18.0 Å². The first-order valence-corrected chi connectivity index (χ1v) is 8.31. The highest BCUT2D eigenvalue weighted by molar-refractivity contribution is 7.90. The number of carboxylic acid groups (broad SMARTS) is 1. The van der Waals surface area contributed by atoms with E-state index >= 15 is 0 Å². The predicted molar refractivity (Wildman–Crippen MR) is 77.9 cm³/mol. The number of benzene rings is 1. The van der Waals surface area contributed by atoms with Gasteiger partial charge in [-0.3, -0.25) is 9.59 Å². The number of rotatable bonds is 6. The third-order valence-corrected chi connectivity index (χ3v) is 3.86. The minimum absolute atomic E-state index is 0.118. The van der Waals surface area contributed by atoms with Crippen LogP contribution in [-0.2, 0) is 14.6 Å². The summed E-state index contributed by atoms with van der Waals surface area (Å²) in [4.78, 5) is 24.5. The average molecular weight is 313 g/mol. The second-order valence-electron chi connectivity index (χ2n) is 5.27. The van der Waals surface area contributed by atoms with Crippen LogP contribution in [0.15, 0.2) is 29.2 Å². The molecule has 1 rings (SSSR count). The van der Waals surface area contributed by atoms with Crippen LogP contribution < -0.4 is 0 Å². The van der Waals surface area contributed by atoms with Gasteiger partial charge in [0.1, 0.15) is 6.54 Å². The molecule has 1 aromatic rings. The first-order valence-electron chi connectivity index (χ1n) is 6.42. The molecule has 0 aromatic heterocycles. The SMILES string of the molecule is CC(C)CN(CC(=O)O)C(=O)c1ccc(S(C)(=O)=O)cc1. The topological polar surface area (TPSA) is 91.8 Å². The summed E-state index contributed by atoms with van der Waals surface area (Å²) in [5, 5.41) is 8.87. The van der Waals surface area contributed by atoms with Gasteiger partial charge in [-0.1, -0.05) is 13.8 Å². The number of hydrogen-bond acceptors (Lipinski definition) is 4. The summed E-state index contributed by atoms with van der Waals surface area (Å²) in [7, 11) is -3.32. The molecule has 7 heteroatoms. The maximum Gasteiger partial charge on any atom is 0.323 e. The first-order chi connectivity index (χ1) is 9.61. The van der Waals surface area contributed by atoms with Crippen molar-refractivity contribution in [1.82, 2.24) is 4.90 Å². The van der Waals surface area contributed by atoms with E-state index in [2.05, 4.69) is 0 Å². The van der Waals surface area contributed by atoms with Crippen LogP contribution in [0.25, 0.3) is 0 Å². The molecule has 0 aliphatic carbocycles. The number of carbonyl (C=O) groups excluding carboxylic acids is 1. The summed E-state index contributed by atoms with van der Waals surface area (Å²) in [6.45, 7) is 3.70. The number of nitrogens with zero attached hydrogens (tertiary/aromatic N) is 1. The minimum atomic E-state index is -3.32. The van der Waals surface area contributed by atoms with Gasteiger partial charge in [0.2, 0.25) is 0 Å². The minimum Gasteiger partial charge on any atom is -0.480 e. The van der Waals surface area contributed by atoms with Crippen molar-refractivity contribution in [3.8, 4) is 0 Å². The fraction of sp³-hybridized carbons (Fsp3) is 0.429. The Balaban J connectivity index is 3.00. The third-order valence-electron chi connectivity index (χ3n) is 2.73. The van der Waals surface area contributed by atoms with E-state index < -0.39 is 21.7 Å². The molecule has 6 nitrogen and oxygen atoms in total. The van der Waals surface area contributed by atoms with Crippen LogP contribution in [0, 0.1) is 5.92 Å². The zero-order chi connectivity index (χ0) is 16.2. The Bertz CT molecular complexity index is 619. The number of aliphatic carboxylic acids is 1. The van der Waals surface area contributed by atoms with E-state index in [1.165, 1.54) is 29.2 Å². The van der Waals surface area contributed by atoms with Gasteiger partial charge >= 0.3 is 5.97 Å². The molecule has 116 valence electrons. The predicted octanol–water partition coefficient (Wildman–Crippen LogP) is 1.27. The monoisotopic (exact) mass is 313 g/mol. The van der Waals surface area contributed by atoms with Gasteiger partial charge in [0.15, 0.2) is 9.84 Å². The lowest BCUT2D eigenvalue weighted by atomic mass is 10.1. The maximum absolute atomic E-state index is 12.3. The molecule has 0 fully saturated rings. The Kier molecular flexibility index (Phi) is 5.48. The van der Waals surface area contributed by atoms with E-state index in [1.807, 2.05) is 13.8 Å². The van der Waals surface area contributed by atoms with Crippen molar-refractivity contribution in [2.24, 2.45) is 5.92 Å². The number of hydrogen-bond donors (Lipinski definition) is 1. The Morgan fingerprint density at radius 2 is 1.71 bits per heavy atom. The van der Waals surface area contributed by atoms with E-state index in [0.717, 1.165) is 6.26 Å². The van der Waals surface area contributed by atoms with E-state index in [0.29, 0.717) is 6.54 Å². The molecule has 0 saturated carbocycles. The van der Waals surface area contributed by atoms with Gasteiger partial charge in [0, 0.05) is 18.4 Å². The zero-order valence-corrected chi connectivity index (χ0v) is 13.1. The van der Waals surface area contributed by atoms with Gasteiger partial charge in [-0.2, -0.15) is 0 Å². The summed E-state index contributed by atoms with van der Waals surface area (Å²) < 4.78 is 22.7. The van der Waals surface area contributed by atoms with Gasteiger partial charge in [0.25, 0.3) is 5.91 Å². The van der Waals surface area contributed by atoms with Crippen molar-refractivity contribution in [1.29, 1.82) is 0 Å². The lowest BCUT2D eigenvalue weighted by Crippen LogP contribution is -2.38. The lowest BCUT2D eigenvalue weighted by Gasteiger charge is -2.22. The summed E-state index contributed by atoms with van der Waals surface area (Å²) in [5.41, 5.74) is 0.268. The van der Waals surface area contributed by atoms with Crippen LogP contribution in [0.3, 0.4) is 0 Å². The standard InChI is InChI=1S/C14H19NO5S/c1-10(2)8-15(9-13(16)17)14(18)11-4-6-12(7-5-11)21(3,19)20/h4-7,10H,8-9H2,1-3H3,(H,16,17). The van der Waals surface area contributed by atoms with Crippen molar-refractivity contribution in [2.75, 3.05) is 19.3 Å². The second kappa shape index (κ2) is 6.71. The smallest absolute Gasteiger partial charge is 0.323 e. The molecule has 1 N–H and O–H groups in total. The summed E-state index contributed by atoms with van der Waals surface area (Å²) >= 11 is 0. The number of carboxylic acids is 1. The number of carbonyl (C=O) groups is 2. The number of amides is 1. The largest absolute Gasteiger partial charge is 0.480 e. The normalized spacial score (nSPS) is 11.4. The molecule has 0 atom stereocenters. The summed E-state index contributed by atoms with van der Waals surface area (Å²) in [5.74, 6) is -1.38. The second-order valence-corrected chi connectivity index (χ2v) is 7.29. The molecular weight excluding hydrogens is 294 g/mol. The van der Waals surface area contributed by atoms with Crippen LogP contribution in [0.1, 0.15) is 24.2 Å². The highest BCUT2D eigenvalue weighted by Crippen LogP contribution is 2.13. The van der Waals surface area contributed by atoms with Crippen LogP contribution in [0.5, 0.6) is 0 Å². The van der Waals surface area contributed by atoms with Crippen molar-refractivity contribution >= 4 is 21.7 Å². The van der Waals surface area contributed by atoms with Gasteiger partial charge in [-0.05, 0) is 30.2 Å². The Hall–Kier alpha value is -1.89. The van der Waals surface area contributed by atoms with Crippen LogP contribution in [0.2, 0.25) is 0 Å². The first kappa shape index (κ1) is 17.2. The van der Waals surface area contributed by atoms with E-state index in [1.54, 1.807) is 0 Å². The third kappa shape index (κ3) is 5.18. The molecule has 0 spiro atoms. The molecular formula is C14H19NO5S. The van der Waals surface area contributed by atoms with Crippen molar-refractivity contribution in [3.05, 3.63) is 29.8 Å². The van der Waals surface area contributed by atoms with Crippen molar-refractivity contribution in [2.45, 2.75) is 18.7 Å². The Morgan fingerprint density at radius 1 is 1.19 bits per heavy atom. The quantitative estimate of drug-likeness (QED) is 0.854. The lowest BCUT2D eigenvalue weighted by molar-refractivity contribution is -0.137. The van der Waals surface area contributed by atoms with Gasteiger partial charge in [0.05, 0.1) is 4.90 Å². The van der Waals surface area contributed by atoms with Gasteiger partial charge < -0.3 is 10.0 Å². The Labute approximate surface area is 124 Å². The van der Waals surface area contributed by atoms with E-state index in [-0.39, 0.29) is 22.9 Å². The molecule has 0 aliphatic rings. The van der Waals surface area contributed by atoms with E-state index in [4.69, 9.17) is 5.11 Å². The molecule has 0 saturated heterocycles. The molecule has 1 amide bonds. The summed E-state index contributed by atoms with van der Waals surface area (Å²) in [6, 6.07) is 5.48. The van der Waals surface area contributed by atoms with Crippen LogP contribution >= 0.6 is 0 Å². The molecule has 1 aromatic carbocycles. The highest BCUT2D eigenvalue weighted by atomic mass is 32.2. The summed E-state index contributed by atoms with van der Waals surface area (Å²) in [6.07, 6.45) is 1.08. The van der Waals surface area contributed by atoms with Crippen LogP contribution in [0.4, 0.5) is 0 Å². The van der Waals surface area contributed by atoms with Crippen molar-refractivity contribution in [3.63, 3.8) is 0 Å². The van der Waals surface area contributed by atoms with Crippen molar-refractivity contribution < 1.29 is 23.1 Å². The molecule has 0 bridgehead atoms. The molecule has 0 unspecified atom stereocenters. The van der Waals surface area contributed by atoms with Gasteiger partial charge in [-0.25, -0.2) is 8.42 Å². The maximum atomic E-state index is 12.3. The highest BCUT2D eigenvalue weighted by Gasteiger charge is 2.20. The molecule has 0 aliphatic heterocycles.